The summed E-state index contributed by atoms with van der Waals surface area (Å²) in [4.78, 5) is 2.61. The molecule has 2 nitrogen and oxygen atoms in total. The third-order valence-corrected chi connectivity index (χ3v) is 4.65. The molecule has 2 N–H and O–H groups in total. The average molecular weight is 274 g/mol. The second-order valence-corrected chi connectivity index (χ2v) is 7.27. The van der Waals surface area contributed by atoms with Crippen LogP contribution in [0.4, 0.5) is 0 Å². The number of likely N-dealkylation sites (tertiary alicyclic amines) is 1. The standard InChI is InChI=1S/C18H30N2/c1-14-7-5-8-16(13-14)17(15(2)19)20-11-6-9-18(3,4)10-12-20/h5,7-8,13,15,17H,6,9-12,19H2,1-4H3. The molecule has 2 unspecified atom stereocenters. The van der Waals surface area contributed by atoms with E-state index in [0.717, 1.165) is 6.54 Å². The minimum atomic E-state index is 0.165. The first-order chi connectivity index (χ1) is 9.39. The highest BCUT2D eigenvalue weighted by Gasteiger charge is 2.29. The van der Waals surface area contributed by atoms with Crippen molar-refractivity contribution in [1.82, 2.24) is 4.90 Å². The summed E-state index contributed by atoms with van der Waals surface area (Å²) in [5.41, 5.74) is 9.50. The Morgan fingerprint density at radius 3 is 2.60 bits per heavy atom. The van der Waals surface area contributed by atoms with Crippen LogP contribution in [0.15, 0.2) is 24.3 Å². The lowest BCUT2D eigenvalue weighted by atomic mass is 9.85. The zero-order valence-electron chi connectivity index (χ0n) is 13.5. The van der Waals surface area contributed by atoms with E-state index in [1.54, 1.807) is 0 Å². The minimum Gasteiger partial charge on any atom is -0.326 e. The Kier molecular flexibility index (Phi) is 4.87. The lowest BCUT2D eigenvalue weighted by molar-refractivity contribution is 0.175. The summed E-state index contributed by atoms with van der Waals surface area (Å²) in [6, 6.07) is 9.36. The molecule has 1 aliphatic heterocycles. The Balaban J connectivity index is 2.21. The third-order valence-electron chi connectivity index (χ3n) is 4.65. The molecule has 0 radical (unpaired) electrons. The van der Waals surface area contributed by atoms with Crippen LogP contribution in [0.3, 0.4) is 0 Å². The zero-order valence-corrected chi connectivity index (χ0v) is 13.5. The van der Waals surface area contributed by atoms with Crippen LogP contribution in [-0.2, 0) is 0 Å². The maximum Gasteiger partial charge on any atom is 0.0496 e. The smallest absolute Gasteiger partial charge is 0.0496 e. The fraction of sp³-hybridized carbons (Fsp3) is 0.667. The lowest BCUT2D eigenvalue weighted by Gasteiger charge is -2.34. The second kappa shape index (κ2) is 6.28. The molecule has 2 rings (SSSR count). The molecule has 1 aromatic rings. The van der Waals surface area contributed by atoms with E-state index >= 15 is 0 Å². The number of benzene rings is 1. The van der Waals surface area contributed by atoms with Crippen molar-refractivity contribution in [2.45, 2.75) is 59.0 Å². The molecule has 0 saturated carbocycles. The largest absolute Gasteiger partial charge is 0.326 e. The Morgan fingerprint density at radius 2 is 1.95 bits per heavy atom. The molecule has 0 bridgehead atoms. The first kappa shape index (κ1) is 15.5. The van der Waals surface area contributed by atoms with E-state index < -0.39 is 0 Å². The number of nitrogens with zero attached hydrogens (tertiary/aromatic N) is 1. The van der Waals surface area contributed by atoms with Gasteiger partial charge in [0.05, 0.1) is 0 Å². The van der Waals surface area contributed by atoms with Crippen LogP contribution < -0.4 is 5.73 Å². The van der Waals surface area contributed by atoms with E-state index in [0.29, 0.717) is 11.5 Å². The molecule has 0 spiro atoms. The van der Waals surface area contributed by atoms with Gasteiger partial charge in [0.15, 0.2) is 0 Å². The Hall–Kier alpha value is -0.860. The van der Waals surface area contributed by atoms with Crippen molar-refractivity contribution in [3.05, 3.63) is 35.4 Å². The van der Waals surface area contributed by atoms with Crippen LogP contribution in [0, 0.1) is 12.3 Å². The van der Waals surface area contributed by atoms with Crippen LogP contribution in [0.25, 0.3) is 0 Å². The molecule has 20 heavy (non-hydrogen) atoms. The van der Waals surface area contributed by atoms with Crippen molar-refractivity contribution >= 4 is 0 Å². The molecule has 2 atom stereocenters. The molecule has 0 aliphatic carbocycles. The minimum absolute atomic E-state index is 0.165. The fourth-order valence-electron chi connectivity index (χ4n) is 3.42. The molecule has 1 aliphatic rings. The van der Waals surface area contributed by atoms with Crippen molar-refractivity contribution in [1.29, 1.82) is 0 Å². The van der Waals surface area contributed by atoms with Crippen molar-refractivity contribution in [2.75, 3.05) is 13.1 Å². The van der Waals surface area contributed by atoms with Gasteiger partial charge in [0.1, 0.15) is 0 Å². The molecule has 1 heterocycles. The fourth-order valence-corrected chi connectivity index (χ4v) is 3.42. The van der Waals surface area contributed by atoms with E-state index in [1.165, 1.54) is 36.9 Å². The highest BCUT2D eigenvalue weighted by atomic mass is 15.2. The summed E-state index contributed by atoms with van der Waals surface area (Å²) >= 11 is 0. The zero-order chi connectivity index (χ0) is 14.8. The monoisotopic (exact) mass is 274 g/mol. The van der Waals surface area contributed by atoms with Gasteiger partial charge in [-0.15, -0.1) is 0 Å². The molecule has 2 heteroatoms. The number of nitrogens with two attached hydrogens (primary N) is 1. The van der Waals surface area contributed by atoms with E-state index in [4.69, 9.17) is 5.73 Å². The normalized spacial score (nSPS) is 23.1. The molecule has 0 aromatic heterocycles. The Bertz CT molecular complexity index is 437. The molecule has 1 fully saturated rings. The Morgan fingerprint density at radius 1 is 1.20 bits per heavy atom. The van der Waals surface area contributed by atoms with Gasteiger partial charge < -0.3 is 5.73 Å². The topological polar surface area (TPSA) is 29.3 Å². The van der Waals surface area contributed by atoms with Gasteiger partial charge in [0.2, 0.25) is 0 Å². The van der Waals surface area contributed by atoms with Gasteiger partial charge in [-0.05, 0) is 57.2 Å². The van der Waals surface area contributed by atoms with Gasteiger partial charge in [-0.3, -0.25) is 4.90 Å². The average Bonchev–Trinajstić information content (AvgIpc) is 2.51. The molecular formula is C18H30N2. The van der Waals surface area contributed by atoms with E-state index in [2.05, 4.69) is 56.9 Å². The molecule has 112 valence electrons. The quantitative estimate of drug-likeness (QED) is 0.906. The van der Waals surface area contributed by atoms with E-state index in [1.807, 2.05) is 0 Å². The summed E-state index contributed by atoms with van der Waals surface area (Å²) in [7, 11) is 0. The van der Waals surface area contributed by atoms with Crippen molar-refractivity contribution < 1.29 is 0 Å². The van der Waals surface area contributed by atoms with Crippen molar-refractivity contribution in [3.8, 4) is 0 Å². The first-order valence-corrected chi connectivity index (χ1v) is 7.95. The summed E-state index contributed by atoms with van der Waals surface area (Å²) in [6.45, 7) is 11.4. The maximum atomic E-state index is 6.33. The highest BCUT2D eigenvalue weighted by Crippen LogP contribution is 2.34. The van der Waals surface area contributed by atoms with Gasteiger partial charge in [-0.2, -0.15) is 0 Å². The number of hydrogen-bond acceptors (Lipinski definition) is 2. The van der Waals surface area contributed by atoms with Gasteiger partial charge in [-0.1, -0.05) is 43.7 Å². The van der Waals surface area contributed by atoms with E-state index in [9.17, 15) is 0 Å². The summed E-state index contributed by atoms with van der Waals surface area (Å²) in [5.74, 6) is 0. The Labute approximate surface area is 124 Å². The van der Waals surface area contributed by atoms with Gasteiger partial charge in [-0.25, -0.2) is 0 Å². The van der Waals surface area contributed by atoms with E-state index in [-0.39, 0.29) is 6.04 Å². The maximum absolute atomic E-state index is 6.33. The SMILES string of the molecule is Cc1cccc(C(C(C)N)N2CCCC(C)(C)CC2)c1. The van der Waals surface area contributed by atoms with Crippen molar-refractivity contribution in [3.63, 3.8) is 0 Å². The molecule has 1 aromatic carbocycles. The summed E-state index contributed by atoms with van der Waals surface area (Å²) < 4.78 is 0. The summed E-state index contributed by atoms with van der Waals surface area (Å²) in [6.07, 6.45) is 3.87. The van der Waals surface area contributed by atoms with Crippen LogP contribution >= 0.6 is 0 Å². The van der Waals surface area contributed by atoms with Gasteiger partial charge in [0.25, 0.3) is 0 Å². The first-order valence-electron chi connectivity index (χ1n) is 7.95. The molecule has 0 amide bonds. The predicted octanol–water partition coefficient (Wildman–Crippen LogP) is 3.90. The van der Waals surface area contributed by atoms with Crippen LogP contribution in [0.5, 0.6) is 0 Å². The lowest BCUT2D eigenvalue weighted by Crippen LogP contribution is -2.40. The van der Waals surface area contributed by atoms with Gasteiger partial charge in [0, 0.05) is 12.1 Å². The number of hydrogen-bond donors (Lipinski definition) is 1. The molecular weight excluding hydrogens is 244 g/mol. The predicted molar refractivity (Wildman–Crippen MR) is 86.8 cm³/mol. The highest BCUT2D eigenvalue weighted by molar-refractivity contribution is 5.26. The number of rotatable bonds is 3. The van der Waals surface area contributed by atoms with Crippen molar-refractivity contribution in [2.24, 2.45) is 11.1 Å². The van der Waals surface area contributed by atoms with Crippen LogP contribution in [-0.4, -0.2) is 24.0 Å². The third kappa shape index (κ3) is 3.83. The van der Waals surface area contributed by atoms with Crippen LogP contribution in [0.1, 0.15) is 57.2 Å². The second-order valence-electron chi connectivity index (χ2n) is 7.27. The van der Waals surface area contributed by atoms with Crippen LogP contribution in [0.2, 0.25) is 0 Å². The number of aryl methyl sites for hydroxylation is 1. The van der Waals surface area contributed by atoms with Gasteiger partial charge >= 0.3 is 0 Å². The molecule has 1 saturated heterocycles. The summed E-state index contributed by atoms with van der Waals surface area (Å²) in [5, 5.41) is 0.